The molecule has 5 heteroatoms. The fourth-order valence-electron chi connectivity index (χ4n) is 1.89. The first-order chi connectivity index (χ1) is 10.7. The number of pyridine rings is 1. The number of nitrogens with one attached hydrogen (secondary N) is 2. The summed E-state index contributed by atoms with van der Waals surface area (Å²) in [7, 11) is 0. The van der Waals surface area contributed by atoms with Crippen molar-refractivity contribution in [1.29, 1.82) is 0 Å². The van der Waals surface area contributed by atoms with Crippen molar-refractivity contribution in [2.75, 3.05) is 11.9 Å². The highest BCUT2D eigenvalue weighted by atomic mass is 16.2. The van der Waals surface area contributed by atoms with Crippen molar-refractivity contribution >= 4 is 17.5 Å². The van der Waals surface area contributed by atoms with Gasteiger partial charge >= 0.3 is 0 Å². The van der Waals surface area contributed by atoms with Crippen molar-refractivity contribution in [3.05, 3.63) is 59.9 Å². The molecule has 114 valence electrons. The Morgan fingerprint density at radius 1 is 1.09 bits per heavy atom. The molecule has 2 N–H and O–H groups in total. The van der Waals surface area contributed by atoms with Gasteiger partial charge in [0.25, 0.3) is 11.8 Å². The Bertz CT molecular complexity index is 641. The second kappa shape index (κ2) is 7.93. The van der Waals surface area contributed by atoms with Gasteiger partial charge in [0.2, 0.25) is 0 Å². The third-order valence-corrected chi connectivity index (χ3v) is 3.10. The van der Waals surface area contributed by atoms with Crippen LogP contribution < -0.4 is 10.6 Å². The maximum Gasteiger partial charge on any atom is 0.274 e. The Balaban J connectivity index is 2.04. The third-order valence-electron chi connectivity index (χ3n) is 3.10. The number of carbonyl (C=O) groups excluding carboxylic acids is 2. The summed E-state index contributed by atoms with van der Waals surface area (Å²) in [6.45, 7) is 2.69. The van der Waals surface area contributed by atoms with E-state index in [0.29, 0.717) is 17.8 Å². The van der Waals surface area contributed by atoms with Gasteiger partial charge < -0.3 is 10.6 Å². The predicted octanol–water partition coefficient (Wildman–Crippen LogP) is 2.86. The Morgan fingerprint density at radius 3 is 2.59 bits per heavy atom. The highest BCUT2D eigenvalue weighted by Gasteiger charge is 2.11. The molecule has 0 saturated carbocycles. The van der Waals surface area contributed by atoms with Crippen molar-refractivity contribution in [2.24, 2.45) is 0 Å². The molecule has 0 aliphatic carbocycles. The lowest BCUT2D eigenvalue weighted by molar-refractivity contribution is 0.0953. The molecule has 1 heterocycles. The van der Waals surface area contributed by atoms with Gasteiger partial charge in [-0.05, 0) is 30.7 Å². The summed E-state index contributed by atoms with van der Waals surface area (Å²) in [4.78, 5) is 28.1. The molecule has 1 aromatic carbocycles. The van der Waals surface area contributed by atoms with Crippen LogP contribution in [0.3, 0.4) is 0 Å². The summed E-state index contributed by atoms with van der Waals surface area (Å²) in [6.07, 6.45) is 3.41. The molecule has 2 amide bonds. The van der Waals surface area contributed by atoms with Crippen LogP contribution in [0.1, 0.15) is 40.6 Å². The number of nitrogens with zero attached hydrogens (tertiary/aromatic N) is 1. The van der Waals surface area contributed by atoms with Gasteiger partial charge in [-0.25, -0.2) is 0 Å². The van der Waals surface area contributed by atoms with E-state index in [1.54, 1.807) is 18.2 Å². The van der Waals surface area contributed by atoms with Crippen LogP contribution in [-0.4, -0.2) is 23.3 Å². The molecule has 0 fully saturated rings. The van der Waals surface area contributed by atoms with Gasteiger partial charge in [-0.1, -0.05) is 31.5 Å². The van der Waals surface area contributed by atoms with Crippen molar-refractivity contribution in [3.8, 4) is 0 Å². The number of benzene rings is 1. The smallest absolute Gasteiger partial charge is 0.274 e. The van der Waals surface area contributed by atoms with Crippen LogP contribution in [0.25, 0.3) is 0 Å². The number of amides is 2. The minimum absolute atomic E-state index is 0.190. The van der Waals surface area contributed by atoms with E-state index in [-0.39, 0.29) is 17.5 Å². The van der Waals surface area contributed by atoms with Crippen LogP contribution >= 0.6 is 0 Å². The molecule has 0 atom stereocenters. The number of carbonyl (C=O) groups is 2. The van der Waals surface area contributed by atoms with Crippen molar-refractivity contribution in [3.63, 3.8) is 0 Å². The van der Waals surface area contributed by atoms with E-state index in [9.17, 15) is 9.59 Å². The maximum absolute atomic E-state index is 12.1. The van der Waals surface area contributed by atoms with Gasteiger partial charge in [0.1, 0.15) is 5.69 Å². The summed E-state index contributed by atoms with van der Waals surface area (Å²) >= 11 is 0. The predicted molar refractivity (Wildman–Crippen MR) is 85.9 cm³/mol. The topological polar surface area (TPSA) is 71.1 Å². The number of unbranched alkanes of at least 4 members (excludes halogenated alkanes) is 1. The van der Waals surface area contributed by atoms with Crippen LogP contribution in [0.15, 0.2) is 48.7 Å². The molecule has 0 saturated heterocycles. The average molecular weight is 297 g/mol. The highest BCUT2D eigenvalue weighted by molar-refractivity contribution is 6.04. The standard InChI is InChI=1S/C17H19N3O2/c1-2-3-10-19-16(21)13-9-11-18-15(12-13)17(22)20-14-7-5-4-6-8-14/h4-9,11-12H,2-3,10H2,1H3,(H,19,21)(H,20,22). The number of anilines is 1. The first kappa shape index (κ1) is 15.7. The molecule has 0 radical (unpaired) electrons. The van der Waals surface area contributed by atoms with Crippen LogP contribution in [0, 0.1) is 0 Å². The maximum atomic E-state index is 12.1. The van der Waals surface area contributed by atoms with Crippen molar-refractivity contribution in [2.45, 2.75) is 19.8 Å². The molecule has 0 bridgehead atoms. The van der Waals surface area contributed by atoms with Gasteiger partial charge in [-0.15, -0.1) is 0 Å². The van der Waals surface area contributed by atoms with E-state index in [1.165, 1.54) is 12.3 Å². The third kappa shape index (κ3) is 4.41. The molecule has 0 unspecified atom stereocenters. The van der Waals surface area contributed by atoms with Crippen molar-refractivity contribution in [1.82, 2.24) is 10.3 Å². The van der Waals surface area contributed by atoms with Gasteiger partial charge in [0.15, 0.2) is 0 Å². The van der Waals surface area contributed by atoms with Crippen LogP contribution in [-0.2, 0) is 0 Å². The largest absolute Gasteiger partial charge is 0.352 e. The van der Waals surface area contributed by atoms with E-state index in [4.69, 9.17) is 0 Å². The fourth-order valence-corrected chi connectivity index (χ4v) is 1.89. The van der Waals surface area contributed by atoms with Gasteiger partial charge in [-0.2, -0.15) is 0 Å². The molecule has 0 spiro atoms. The first-order valence-electron chi connectivity index (χ1n) is 7.31. The number of rotatable bonds is 6. The Labute approximate surface area is 129 Å². The number of para-hydroxylation sites is 1. The van der Waals surface area contributed by atoms with Gasteiger partial charge in [0, 0.05) is 24.0 Å². The van der Waals surface area contributed by atoms with Crippen LogP contribution in [0.5, 0.6) is 0 Å². The van der Waals surface area contributed by atoms with Crippen LogP contribution in [0.2, 0.25) is 0 Å². The summed E-state index contributed by atoms with van der Waals surface area (Å²) in [5.41, 5.74) is 1.34. The Hall–Kier alpha value is -2.69. The monoisotopic (exact) mass is 297 g/mol. The molecule has 22 heavy (non-hydrogen) atoms. The van der Waals surface area contributed by atoms with Gasteiger partial charge in [-0.3, -0.25) is 14.6 Å². The van der Waals surface area contributed by atoms with E-state index in [0.717, 1.165) is 12.8 Å². The lowest BCUT2D eigenvalue weighted by atomic mass is 10.2. The van der Waals surface area contributed by atoms with E-state index < -0.39 is 0 Å². The number of aromatic nitrogens is 1. The minimum Gasteiger partial charge on any atom is -0.352 e. The molecule has 2 rings (SSSR count). The van der Waals surface area contributed by atoms with E-state index in [1.807, 2.05) is 18.2 Å². The first-order valence-corrected chi connectivity index (χ1v) is 7.31. The van der Waals surface area contributed by atoms with Crippen molar-refractivity contribution < 1.29 is 9.59 Å². The summed E-state index contributed by atoms with van der Waals surface area (Å²) < 4.78 is 0. The number of hydrogen-bond donors (Lipinski definition) is 2. The lowest BCUT2D eigenvalue weighted by Crippen LogP contribution is -2.25. The molecule has 5 nitrogen and oxygen atoms in total. The van der Waals surface area contributed by atoms with E-state index >= 15 is 0 Å². The molecular weight excluding hydrogens is 278 g/mol. The summed E-state index contributed by atoms with van der Waals surface area (Å²) in [6, 6.07) is 12.2. The van der Waals surface area contributed by atoms with Gasteiger partial charge in [0.05, 0.1) is 0 Å². The fraction of sp³-hybridized carbons (Fsp3) is 0.235. The number of hydrogen-bond acceptors (Lipinski definition) is 3. The lowest BCUT2D eigenvalue weighted by Gasteiger charge is -2.07. The zero-order valence-electron chi connectivity index (χ0n) is 12.5. The molecular formula is C17H19N3O2. The summed E-state index contributed by atoms with van der Waals surface area (Å²) in [5.74, 6) is -0.529. The Morgan fingerprint density at radius 2 is 1.86 bits per heavy atom. The molecule has 0 aliphatic rings. The molecule has 2 aromatic rings. The second-order valence-corrected chi connectivity index (χ2v) is 4.86. The van der Waals surface area contributed by atoms with Crippen LogP contribution in [0.4, 0.5) is 5.69 Å². The second-order valence-electron chi connectivity index (χ2n) is 4.86. The average Bonchev–Trinajstić information content (AvgIpc) is 2.56. The Kier molecular flexibility index (Phi) is 5.65. The minimum atomic E-state index is -0.339. The molecule has 0 aliphatic heterocycles. The zero-order valence-corrected chi connectivity index (χ0v) is 12.5. The normalized spacial score (nSPS) is 10.0. The molecule has 1 aromatic heterocycles. The zero-order chi connectivity index (χ0) is 15.8. The quantitative estimate of drug-likeness (QED) is 0.805. The SMILES string of the molecule is CCCCNC(=O)c1ccnc(C(=O)Nc2ccccc2)c1. The van der Waals surface area contributed by atoms with E-state index in [2.05, 4.69) is 22.5 Å². The highest BCUT2D eigenvalue weighted by Crippen LogP contribution is 2.08. The summed E-state index contributed by atoms with van der Waals surface area (Å²) in [5, 5.41) is 5.56.